The molecule has 0 bridgehead atoms. The van der Waals surface area contributed by atoms with Gasteiger partial charge < -0.3 is 4.52 Å². The zero-order valence-corrected chi connectivity index (χ0v) is 12.4. The topological polar surface area (TPSA) is 80.5 Å². The Morgan fingerprint density at radius 3 is 2.50 bits per heavy atom. The van der Waals surface area contributed by atoms with Crippen LogP contribution in [0.15, 0.2) is 34.9 Å². The van der Waals surface area contributed by atoms with Crippen molar-refractivity contribution >= 4 is 0 Å². The third kappa shape index (κ3) is 3.12. The van der Waals surface area contributed by atoms with E-state index in [1.165, 1.54) is 0 Å². The summed E-state index contributed by atoms with van der Waals surface area (Å²) in [4.78, 5) is 3.34. The average Bonchev–Trinajstić information content (AvgIpc) is 3.15. The molecule has 3 rings (SSSR count). The minimum absolute atomic E-state index is 0.129. The van der Waals surface area contributed by atoms with Crippen LogP contribution in [0, 0.1) is 18.3 Å². The molecule has 2 aromatic heterocycles. The van der Waals surface area contributed by atoms with Gasteiger partial charge in [0.15, 0.2) is 5.69 Å². The Balaban J connectivity index is 1.79. The molecule has 6 nitrogen and oxygen atoms in total. The van der Waals surface area contributed by atoms with Crippen molar-refractivity contribution in [3.63, 3.8) is 0 Å². The molecule has 1 aromatic carbocycles. The third-order valence-electron chi connectivity index (χ3n) is 3.31. The quantitative estimate of drug-likeness (QED) is 0.735. The van der Waals surface area contributed by atoms with Crippen molar-refractivity contribution in [1.29, 1.82) is 5.26 Å². The maximum Gasteiger partial charge on any atom is 0.471 e. The molecule has 0 aliphatic rings. The zero-order valence-electron chi connectivity index (χ0n) is 12.4. The molecular weight excluding hydrogens is 323 g/mol. The van der Waals surface area contributed by atoms with E-state index in [0.717, 1.165) is 11.3 Å². The summed E-state index contributed by atoms with van der Waals surface area (Å²) in [5, 5.41) is 16.3. The van der Waals surface area contributed by atoms with Gasteiger partial charge in [-0.3, -0.25) is 4.68 Å². The van der Waals surface area contributed by atoms with Crippen molar-refractivity contribution < 1.29 is 17.7 Å². The number of nitrogens with zero attached hydrogens (tertiary/aromatic N) is 5. The monoisotopic (exact) mass is 333 g/mol. The van der Waals surface area contributed by atoms with E-state index in [1.807, 2.05) is 13.0 Å². The van der Waals surface area contributed by atoms with Gasteiger partial charge in [0.05, 0.1) is 6.54 Å². The molecule has 0 amide bonds. The highest BCUT2D eigenvalue weighted by Gasteiger charge is 2.38. The van der Waals surface area contributed by atoms with Gasteiger partial charge >= 0.3 is 12.1 Å². The minimum atomic E-state index is -4.67. The molecule has 0 aliphatic heterocycles. The average molecular weight is 333 g/mol. The fourth-order valence-electron chi connectivity index (χ4n) is 2.11. The van der Waals surface area contributed by atoms with Crippen LogP contribution in [0.2, 0.25) is 0 Å². The number of aromatic nitrogens is 4. The summed E-state index contributed by atoms with van der Waals surface area (Å²) in [5.41, 5.74) is 2.45. The normalized spacial score (nSPS) is 11.5. The Morgan fingerprint density at radius 2 is 1.96 bits per heavy atom. The number of rotatable bonds is 3. The van der Waals surface area contributed by atoms with E-state index in [2.05, 4.69) is 19.8 Å². The van der Waals surface area contributed by atoms with Crippen molar-refractivity contribution in [3.8, 4) is 17.5 Å². The van der Waals surface area contributed by atoms with Crippen molar-refractivity contribution in [3.05, 3.63) is 53.2 Å². The van der Waals surface area contributed by atoms with E-state index >= 15 is 0 Å². The minimum Gasteiger partial charge on any atom is -0.329 e. The van der Waals surface area contributed by atoms with Crippen molar-refractivity contribution in [1.82, 2.24) is 19.9 Å². The van der Waals surface area contributed by atoms with E-state index in [9.17, 15) is 13.2 Å². The van der Waals surface area contributed by atoms with Crippen LogP contribution in [0.3, 0.4) is 0 Å². The standard InChI is InChI=1S/C15H10F3N5O/c1-9-6-12(7-19)21-23(9)8-10-2-4-11(5-3-10)13-20-14(24-22-13)15(16,17)18/h2-6H,8H2,1H3. The molecule has 0 saturated carbocycles. The van der Waals surface area contributed by atoms with Crippen LogP contribution in [0.1, 0.15) is 22.8 Å². The van der Waals surface area contributed by atoms with Gasteiger partial charge in [-0.15, -0.1) is 0 Å². The molecular formula is C15H10F3N5O. The molecule has 0 unspecified atom stereocenters. The molecule has 0 N–H and O–H groups in total. The molecule has 9 heteroatoms. The first-order valence-corrected chi connectivity index (χ1v) is 6.81. The lowest BCUT2D eigenvalue weighted by Gasteiger charge is -2.05. The fourth-order valence-corrected chi connectivity index (χ4v) is 2.11. The second-order valence-corrected chi connectivity index (χ2v) is 5.06. The van der Waals surface area contributed by atoms with Gasteiger partial charge in [0.2, 0.25) is 5.82 Å². The van der Waals surface area contributed by atoms with Crippen LogP contribution >= 0.6 is 0 Å². The van der Waals surface area contributed by atoms with E-state index in [1.54, 1.807) is 35.0 Å². The predicted molar refractivity (Wildman–Crippen MR) is 75.5 cm³/mol. The number of benzene rings is 1. The lowest BCUT2D eigenvalue weighted by molar-refractivity contribution is -0.159. The molecule has 2 heterocycles. The Kier molecular flexibility index (Phi) is 3.81. The molecule has 3 aromatic rings. The van der Waals surface area contributed by atoms with Crippen LogP contribution in [0.4, 0.5) is 13.2 Å². The third-order valence-corrected chi connectivity index (χ3v) is 3.31. The molecule has 0 aliphatic carbocycles. The summed E-state index contributed by atoms with van der Waals surface area (Å²) in [6.07, 6.45) is -4.67. The van der Waals surface area contributed by atoms with Crippen molar-refractivity contribution in [2.24, 2.45) is 0 Å². The van der Waals surface area contributed by atoms with Crippen LogP contribution in [-0.2, 0) is 12.7 Å². The Labute approximate surface area is 134 Å². The Bertz CT molecular complexity index is 903. The molecule has 0 saturated heterocycles. The molecule has 0 atom stereocenters. The summed E-state index contributed by atoms with van der Waals surface area (Å²) < 4.78 is 43.3. The van der Waals surface area contributed by atoms with Crippen LogP contribution in [0.25, 0.3) is 11.4 Å². The maximum atomic E-state index is 12.5. The van der Waals surface area contributed by atoms with Gasteiger partial charge in [0.25, 0.3) is 0 Å². The highest BCUT2D eigenvalue weighted by molar-refractivity contribution is 5.54. The first-order valence-electron chi connectivity index (χ1n) is 6.81. The Morgan fingerprint density at radius 1 is 1.25 bits per heavy atom. The molecule has 0 radical (unpaired) electrons. The van der Waals surface area contributed by atoms with E-state index in [4.69, 9.17) is 5.26 Å². The second kappa shape index (κ2) is 5.81. The van der Waals surface area contributed by atoms with Crippen molar-refractivity contribution in [2.75, 3.05) is 0 Å². The predicted octanol–water partition coefficient (Wildman–Crippen LogP) is 3.18. The molecule has 122 valence electrons. The highest BCUT2D eigenvalue weighted by atomic mass is 19.4. The number of hydrogen-bond donors (Lipinski definition) is 0. The lowest BCUT2D eigenvalue weighted by Crippen LogP contribution is -2.05. The van der Waals surface area contributed by atoms with E-state index in [-0.39, 0.29) is 5.82 Å². The van der Waals surface area contributed by atoms with E-state index < -0.39 is 12.1 Å². The van der Waals surface area contributed by atoms with Crippen LogP contribution < -0.4 is 0 Å². The van der Waals surface area contributed by atoms with Gasteiger partial charge in [-0.25, -0.2) is 0 Å². The SMILES string of the molecule is Cc1cc(C#N)nn1Cc1ccc(-c2noc(C(F)(F)F)n2)cc1. The van der Waals surface area contributed by atoms with Crippen LogP contribution in [-0.4, -0.2) is 19.9 Å². The summed E-state index contributed by atoms with van der Waals surface area (Å²) >= 11 is 0. The first kappa shape index (κ1) is 15.7. The number of aryl methyl sites for hydroxylation is 1. The van der Waals surface area contributed by atoms with E-state index in [0.29, 0.717) is 17.8 Å². The lowest BCUT2D eigenvalue weighted by atomic mass is 10.1. The number of halogens is 3. The summed E-state index contributed by atoms with van der Waals surface area (Å²) in [6.45, 7) is 2.27. The second-order valence-electron chi connectivity index (χ2n) is 5.06. The van der Waals surface area contributed by atoms with Gasteiger partial charge in [0, 0.05) is 11.3 Å². The molecule has 0 fully saturated rings. The molecule has 0 spiro atoms. The van der Waals surface area contributed by atoms with Gasteiger partial charge in [0.1, 0.15) is 6.07 Å². The Hall–Kier alpha value is -3.15. The fraction of sp³-hybridized carbons (Fsp3) is 0.200. The number of alkyl halides is 3. The maximum absolute atomic E-state index is 12.5. The zero-order chi connectivity index (χ0) is 17.3. The summed E-state index contributed by atoms with van der Waals surface area (Å²) in [5.74, 6) is -1.51. The number of hydrogen-bond acceptors (Lipinski definition) is 5. The highest BCUT2D eigenvalue weighted by Crippen LogP contribution is 2.29. The van der Waals surface area contributed by atoms with Gasteiger partial charge in [-0.1, -0.05) is 29.4 Å². The largest absolute Gasteiger partial charge is 0.471 e. The smallest absolute Gasteiger partial charge is 0.329 e. The van der Waals surface area contributed by atoms with Crippen molar-refractivity contribution in [2.45, 2.75) is 19.6 Å². The van der Waals surface area contributed by atoms with Crippen LogP contribution in [0.5, 0.6) is 0 Å². The number of nitriles is 1. The van der Waals surface area contributed by atoms with Gasteiger partial charge in [-0.05, 0) is 18.6 Å². The first-order chi connectivity index (χ1) is 11.4. The van der Waals surface area contributed by atoms with Gasteiger partial charge in [-0.2, -0.15) is 28.5 Å². The molecule has 24 heavy (non-hydrogen) atoms. The summed E-state index contributed by atoms with van der Waals surface area (Å²) in [7, 11) is 0. The summed E-state index contributed by atoms with van der Waals surface area (Å²) in [6, 6.07) is 10.3.